The van der Waals surface area contributed by atoms with Crippen LogP contribution in [-0.4, -0.2) is 25.5 Å². The summed E-state index contributed by atoms with van der Waals surface area (Å²) in [5.41, 5.74) is 1.48. The molecule has 8 heteroatoms. The average molecular weight is 307 g/mol. The summed E-state index contributed by atoms with van der Waals surface area (Å²) in [5, 5.41) is 8.07. The lowest BCUT2D eigenvalue weighted by molar-refractivity contribution is 0.252. The van der Waals surface area contributed by atoms with Gasteiger partial charge in [0.25, 0.3) is 5.76 Å². The van der Waals surface area contributed by atoms with Crippen LogP contribution in [0.3, 0.4) is 0 Å². The third-order valence-electron chi connectivity index (χ3n) is 2.87. The maximum absolute atomic E-state index is 12.3. The topological polar surface area (TPSA) is 55.6 Å². The maximum atomic E-state index is 12.3. The monoisotopic (exact) mass is 307 g/mol. The molecule has 0 unspecified atom stereocenters. The van der Waals surface area contributed by atoms with Gasteiger partial charge >= 0.3 is 0 Å². The van der Waals surface area contributed by atoms with Gasteiger partial charge in [0.05, 0.1) is 11.6 Å². The van der Waals surface area contributed by atoms with Crippen LogP contribution in [0.1, 0.15) is 0 Å². The summed E-state index contributed by atoms with van der Waals surface area (Å²) < 4.78 is 26.2. The van der Waals surface area contributed by atoms with Crippen molar-refractivity contribution in [1.29, 1.82) is 0 Å². The van der Waals surface area contributed by atoms with Gasteiger partial charge < -0.3 is 5.32 Å². The highest BCUT2D eigenvalue weighted by molar-refractivity contribution is 7.99. The first-order valence-corrected chi connectivity index (χ1v) is 6.96. The summed E-state index contributed by atoms with van der Waals surface area (Å²) in [6, 6.07) is 6.74. The Morgan fingerprint density at radius 2 is 1.95 bits per heavy atom. The number of alkyl halides is 2. The largest absolute Gasteiger partial charge is 0.340 e. The number of fused-ring (bicyclic) bond motifs is 1. The van der Waals surface area contributed by atoms with Crippen LogP contribution in [-0.2, 0) is 7.05 Å². The number of thioether (sulfide) groups is 1. The Labute approximate surface area is 123 Å². The van der Waals surface area contributed by atoms with E-state index >= 15 is 0 Å². The Balaban J connectivity index is 1.85. The van der Waals surface area contributed by atoms with E-state index in [1.807, 2.05) is 0 Å². The second-order valence-corrected chi connectivity index (χ2v) is 5.32. The van der Waals surface area contributed by atoms with Gasteiger partial charge in [-0.15, -0.1) is 0 Å². The van der Waals surface area contributed by atoms with Crippen molar-refractivity contribution >= 4 is 34.3 Å². The van der Waals surface area contributed by atoms with Crippen LogP contribution in [0.4, 0.5) is 20.3 Å². The van der Waals surface area contributed by atoms with Gasteiger partial charge in [0.15, 0.2) is 5.65 Å². The van der Waals surface area contributed by atoms with Crippen molar-refractivity contribution in [1.82, 2.24) is 19.7 Å². The Bertz CT molecular complexity index is 757. The Morgan fingerprint density at radius 1 is 1.19 bits per heavy atom. The summed E-state index contributed by atoms with van der Waals surface area (Å²) in [6.07, 6.45) is 3.13. The Hall–Kier alpha value is -2.22. The van der Waals surface area contributed by atoms with Crippen molar-refractivity contribution in [3.63, 3.8) is 0 Å². The molecule has 0 atom stereocenters. The molecule has 0 spiro atoms. The minimum Gasteiger partial charge on any atom is -0.340 e. The number of aromatic nitrogens is 4. The lowest BCUT2D eigenvalue weighted by atomic mass is 10.3. The zero-order valence-corrected chi connectivity index (χ0v) is 11.8. The molecule has 5 nitrogen and oxygen atoms in total. The van der Waals surface area contributed by atoms with Crippen molar-refractivity contribution in [2.45, 2.75) is 10.7 Å². The molecule has 0 aliphatic carbocycles. The Kier molecular flexibility index (Phi) is 3.70. The van der Waals surface area contributed by atoms with Gasteiger partial charge in [-0.25, -0.2) is 9.97 Å². The third-order valence-corrected chi connectivity index (χ3v) is 3.59. The molecule has 0 amide bonds. The first-order chi connectivity index (χ1) is 10.1. The number of halogens is 2. The van der Waals surface area contributed by atoms with Crippen LogP contribution in [0.5, 0.6) is 0 Å². The van der Waals surface area contributed by atoms with E-state index in [-0.39, 0.29) is 0 Å². The number of hydrogen-bond acceptors (Lipinski definition) is 5. The fourth-order valence-electron chi connectivity index (χ4n) is 1.92. The van der Waals surface area contributed by atoms with Gasteiger partial charge in [0, 0.05) is 17.6 Å². The van der Waals surface area contributed by atoms with Crippen LogP contribution in [0.2, 0.25) is 0 Å². The van der Waals surface area contributed by atoms with Gasteiger partial charge in [-0.2, -0.15) is 13.9 Å². The first kappa shape index (κ1) is 13.7. The van der Waals surface area contributed by atoms with Crippen LogP contribution < -0.4 is 5.32 Å². The van der Waals surface area contributed by atoms with Crippen LogP contribution in [0.15, 0.2) is 41.7 Å². The molecule has 0 aliphatic heterocycles. The second-order valence-electron chi connectivity index (χ2n) is 4.26. The molecule has 0 saturated carbocycles. The van der Waals surface area contributed by atoms with Crippen molar-refractivity contribution < 1.29 is 8.78 Å². The SMILES string of the molecule is Cn1ncc2c(Nc3ccc(SC(F)F)cc3)ncnc21. The predicted molar refractivity (Wildman–Crippen MR) is 77.9 cm³/mol. The van der Waals surface area contributed by atoms with E-state index < -0.39 is 5.76 Å². The lowest BCUT2D eigenvalue weighted by Crippen LogP contribution is -1.97. The third kappa shape index (κ3) is 2.94. The van der Waals surface area contributed by atoms with E-state index in [1.54, 1.807) is 42.2 Å². The molecule has 1 N–H and O–H groups in total. The van der Waals surface area contributed by atoms with E-state index in [4.69, 9.17) is 0 Å². The molecular weight excluding hydrogens is 296 g/mol. The van der Waals surface area contributed by atoms with E-state index in [1.165, 1.54) is 6.33 Å². The molecule has 3 aromatic rings. The first-order valence-electron chi connectivity index (χ1n) is 6.08. The van der Waals surface area contributed by atoms with Crippen molar-refractivity contribution in [2.75, 3.05) is 5.32 Å². The molecule has 2 aromatic heterocycles. The molecule has 3 rings (SSSR count). The fourth-order valence-corrected chi connectivity index (χ4v) is 2.42. The number of anilines is 2. The molecule has 21 heavy (non-hydrogen) atoms. The van der Waals surface area contributed by atoms with Gasteiger partial charge in [-0.05, 0) is 24.3 Å². The minimum absolute atomic E-state index is 0.518. The molecule has 2 heterocycles. The maximum Gasteiger partial charge on any atom is 0.288 e. The molecule has 0 aliphatic rings. The van der Waals surface area contributed by atoms with Gasteiger partial charge in [0.1, 0.15) is 12.1 Å². The van der Waals surface area contributed by atoms with Crippen LogP contribution in [0, 0.1) is 0 Å². The Morgan fingerprint density at radius 3 is 2.67 bits per heavy atom. The molecule has 0 fully saturated rings. The fraction of sp³-hybridized carbons (Fsp3) is 0.154. The van der Waals surface area contributed by atoms with Crippen molar-refractivity contribution in [3.8, 4) is 0 Å². The second kappa shape index (κ2) is 5.65. The summed E-state index contributed by atoms with van der Waals surface area (Å²) >= 11 is 0.519. The normalized spacial score (nSPS) is 11.2. The molecular formula is C13H11F2N5S. The molecule has 0 radical (unpaired) electrons. The molecule has 0 bridgehead atoms. The van der Waals surface area contributed by atoms with Gasteiger partial charge in [-0.1, -0.05) is 11.8 Å². The summed E-state index contributed by atoms with van der Waals surface area (Å²) in [4.78, 5) is 8.86. The van der Waals surface area contributed by atoms with Crippen LogP contribution >= 0.6 is 11.8 Å². The van der Waals surface area contributed by atoms with E-state index in [2.05, 4.69) is 20.4 Å². The predicted octanol–water partition coefficient (Wildman–Crippen LogP) is 3.42. The standard InChI is InChI=1S/C13H11F2N5S/c1-20-12-10(6-18-20)11(16-7-17-12)19-8-2-4-9(5-3-8)21-13(14)15/h2-7,13H,1H3,(H,16,17,19). The van der Waals surface area contributed by atoms with Gasteiger partial charge in [-0.3, -0.25) is 4.68 Å². The quantitative estimate of drug-likeness (QED) is 0.748. The smallest absolute Gasteiger partial charge is 0.288 e. The summed E-state index contributed by atoms with van der Waals surface area (Å²) in [5.74, 6) is -1.79. The molecule has 108 valence electrons. The van der Waals surface area contributed by atoms with E-state index in [0.717, 1.165) is 16.7 Å². The zero-order chi connectivity index (χ0) is 14.8. The number of nitrogens with one attached hydrogen (secondary N) is 1. The number of aryl methyl sites for hydroxylation is 1. The van der Waals surface area contributed by atoms with Crippen LogP contribution in [0.25, 0.3) is 11.0 Å². The highest BCUT2D eigenvalue weighted by Crippen LogP contribution is 2.28. The van der Waals surface area contributed by atoms with E-state index in [0.29, 0.717) is 22.5 Å². The van der Waals surface area contributed by atoms with Crippen molar-refractivity contribution in [3.05, 3.63) is 36.8 Å². The number of benzene rings is 1. The number of hydrogen-bond donors (Lipinski definition) is 1. The summed E-state index contributed by atoms with van der Waals surface area (Å²) in [6.45, 7) is 0. The van der Waals surface area contributed by atoms with E-state index in [9.17, 15) is 8.78 Å². The summed E-state index contributed by atoms with van der Waals surface area (Å²) in [7, 11) is 1.80. The zero-order valence-electron chi connectivity index (χ0n) is 11.0. The highest BCUT2D eigenvalue weighted by Gasteiger charge is 2.08. The highest BCUT2D eigenvalue weighted by atomic mass is 32.2. The lowest BCUT2D eigenvalue weighted by Gasteiger charge is -2.07. The average Bonchev–Trinajstić information content (AvgIpc) is 2.83. The number of rotatable bonds is 4. The van der Waals surface area contributed by atoms with Gasteiger partial charge in [0.2, 0.25) is 0 Å². The number of nitrogens with zero attached hydrogens (tertiary/aromatic N) is 4. The van der Waals surface area contributed by atoms with Crippen molar-refractivity contribution in [2.24, 2.45) is 7.05 Å². The molecule has 1 aromatic carbocycles. The minimum atomic E-state index is -2.42. The molecule has 0 saturated heterocycles.